The van der Waals surface area contributed by atoms with Crippen LogP contribution in [0.2, 0.25) is 0 Å². The summed E-state index contributed by atoms with van der Waals surface area (Å²) in [4.78, 5) is 14.8. The molecule has 1 N–H and O–H groups in total. The van der Waals surface area contributed by atoms with Gasteiger partial charge >= 0.3 is 0 Å². The van der Waals surface area contributed by atoms with Crippen molar-refractivity contribution in [2.45, 2.75) is 38.3 Å². The summed E-state index contributed by atoms with van der Waals surface area (Å²) in [5.74, 6) is 1.60. The molecule has 7 nitrogen and oxygen atoms in total. The van der Waals surface area contributed by atoms with Crippen LogP contribution in [-0.4, -0.2) is 45.9 Å². The molecule has 0 radical (unpaired) electrons. The molecule has 1 aromatic heterocycles. The molecule has 0 spiro atoms. The van der Waals surface area contributed by atoms with Crippen LogP contribution in [0, 0.1) is 0 Å². The number of fused-ring (bicyclic) bond motifs is 1. The van der Waals surface area contributed by atoms with Crippen molar-refractivity contribution in [3.63, 3.8) is 0 Å². The van der Waals surface area contributed by atoms with Gasteiger partial charge in [0.1, 0.15) is 11.8 Å². The first-order chi connectivity index (χ1) is 13.6. The monoisotopic (exact) mass is 381 g/mol. The number of carbonyl (C=O) groups excluding carboxylic acids is 1. The summed E-state index contributed by atoms with van der Waals surface area (Å²) in [6.07, 6.45) is 0.662. The number of aromatic nitrogens is 2. The van der Waals surface area contributed by atoms with Crippen molar-refractivity contribution in [3.8, 4) is 5.75 Å². The predicted molar refractivity (Wildman–Crippen MR) is 103 cm³/mol. The van der Waals surface area contributed by atoms with Crippen molar-refractivity contribution >= 4 is 16.7 Å². The Morgan fingerprint density at radius 3 is 2.93 bits per heavy atom. The smallest absolute Gasteiger partial charge is 0.239 e. The van der Waals surface area contributed by atoms with Crippen LogP contribution in [0.25, 0.3) is 10.8 Å². The SMILES string of the molecule is CCc1nnc([C@H]2C[C@@H](O)CN2C(=O)Cc2cccc3ccc(OC)cc23)o1. The van der Waals surface area contributed by atoms with E-state index in [4.69, 9.17) is 9.15 Å². The van der Waals surface area contributed by atoms with Gasteiger partial charge in [-0.15, -0.1) is 10.2 Å². The first kappa shape index (κ1) is 18.4. The molecule has 1 fully saturated rings. The van der Waals surface area contributed by atoms with Crippen molar-refractivity contribution in [3.05, 3.63) is 53.7 Å². The summed E-state index contributed by atoms with van der Waals surface area (Å²) in [5, 5.41) is 20.3. The maximum Gasteiger partial charge on any atom is 0.239 e. The van der Waals surface area contributed by atoms with Crippen molar-refractivity contribution < 1.29 is 19.1 Å². The number of aliphatic hydroxyl groups excluding tert-OH is 1. The molecule has 1 saturated heterocycles. The quantitative estimate of drug-likeness (QED) is 0.731. The van der Waals surface area contributed by atoms with Gasteiger partial charge < -0.3 is 19.2 Å². The molecule has 4 rings (SSSR count). The number of nitrogens with zero attached hydrogens (tertiary/aromatic N) is 3. The maximum atomic E-state index is 13.1. The number of aryl methyl sites for hydroxylation is 1. The lowest BCUT2D eigenvalue weighted by Crippen LogP contribution is -2.33. The van der Waals surface area contributed by atoms with Gasteiger partial charge in [-0.25, -0.2) is 0 Å². The number of methoxy groups -OCH3 is 1. The number of hydrogen-bond donors (Lipinski definition) is 1. The highest BCUT2D eigenvalue weighted by molar-refractivity contribution is 5.91. The number of benzene rings is 2. The number of hydrogen-bond acceptors (Lipinski definition) is 6. The van der Waals surface area contributed by atoms with Gasteiger partial charge in [0.25, 0.3) is 0 Å². The average Bonchev–Trinajstić information content (AvgIpc) is 3.34. The third kappa shape index (κ3) is 3.45. The Kier molecular flexibility index (Phi) is 5.00. The number of amides is 1. The number of aliphatic hydroxyl groups is 1. The second kappa shape index (κ2) is 7.59. The summed E-state index contributed by atoms with van der Waals surface area (Å²) in [7, 11) is 1.63. The number of likely N-dealkylation sites (tertiary alicyclic amines) is 1. The molecule has 1 amide bonds. The molecule has 2 heterocycles. The van der Waals surface area contributed by atoms with E-state index in [2.05, 4.69) is 10.2 Å². The van der Waals surface area contributed by atoms with Crippen LogP contribution >= 0.6 is 0 Å². The molecule has 2 aromatic carbocycles. The Balaban J connectivity index is 1.61. The third-order valence-corrected chi connectivity index (χ3v) is 5.19. The number of rotatable bonds is 5. The van der Waals surface area contributed by atoms with Gasteiger partial charge in [0, 0.05) is 19.4 Å². The Bertz CT molecular complexity index is 1000. The zero-order valence-electron chi connectivity index (χ0n) is 16.0. The van der Waals surface area contributed by atoms with Gasteiger partial charge in [-0.3, -0.25) is 4.79 Å². The molecule has 28 heavy (non-hydrogen) atoms. The van der Waals surface area contributed by atoms with E-state index in [-0.39, 0.29) is 24.9 Å². The Morgan fingerprint density at radius 2 is 2.18 bits per heavy atom. The lowest BCUT2D eigenvalue weighted by Gasteiger charge is -2.22. The number of ether oxygens (including phenoxy) is 1. The average molecular weight is 381 g/mol. The molecular formula is C21H23N3O4. The van der Waals surface area contributed by atoms with Crippen LogP contribution in [0.3, 0.4) is 0 Å². The second-order valence-electron chi connectivity index (χ2n) is 7.02. The van der Waals surface area contributed by atoms with Gasteiger partial charge in [-0.2, -0.15) is 0 Å². The Hall–Kier alpha value is -2.93. The molecule has 0 unspecified atom stereocenters. The molecule has 1 aliphatic rings. The van der Waals surface area contributed by atoms with Gasteiger partial charge in [0.05, 0.1) is 19.6 Å². The van der Waals surface area contributed by atoms with Crippen molar-refractivity contribution in [1.29, 1.82) is 0 Å². The van der Waals surface area contributed by atoms with Crippen molar-refractivity contribution in [2.24, 2.45) is 0 Å². The summed E-state index contributed by atoms with van der Waals surface area (Å²) in [6, 6.07) is 11.3. The van der Waals surface area contributed by atoms with E-state index in [0.29, 0.717) is 24.6 Å². The molecule has 2 atom stereocenters. The predicted octanol–water partition coefficient (Wildman–Crippen LogP) is 2.67. The standard InChI is InChI=1S/C21H23N3O4/c1-3-19-22-23-21(28-19)18-10-15(25)12-24(18)20(26)9-14-6-4-5-13-7-8-16(27-2)11-17(13)14/h4-8,11,15,18,25H,3,9-10,12H2,1-2H3/t15-,18-/m1/s1. The van der Waals surface area contributed by atoms with Gasteiger partial charge in [0.2, 0.25) is 17.7 Å². The summed E-state index contributed by atoms with van der Waals surface area (Å²) in [6.45, 7) is 2.19. The van der Waals surface area contributed by atoms with E-state index < -0.39 is 6.10 Å². The van der Waals surface area contributed by atoms with E-state index in [0.717, 1.165) is 22.1 Å². The van der Waals surface area contributed by atoms with E-state index >= 15 is 0 Å². The molecular weight excluding hydrogens is 358 g/mol. The fourth-order valence-electron chi connectivity index (χ4n) is 3.73. The lowest BCUT2D eigenvalue weighted by molar-refractivity contribution is -0.132. The minimum Gasteiger partial charge on any atom is -0.497 e. The largest absolute Gasteiger partial charge is 0.497 e. The Morgan fingerprint density at radius 1 is 1.32 bits per heavy atom. The highest BCUT2D eigenvalue weighted by Gasteiger charge is 2.38. The van der Waals surface area contributed by atoms with Crippen molar-refractivity contribution in [2.75, 3.05) is 13.7 Å². The highest BCUT2D eigenvalue weighted by Crippen LogP contribution is 2.33. The second-order valence-corrected chi connectivity index (χ2v) is 7.02. The van der Waals surface area contributed by atoms with E-state index in [1.165, 1.54) is 0 Å². The molecule has 0 aliphatic carbocycles. The van der Waals surface area contributed by atoms with E-state index in [1.54, 1.807) is 12.0 Å². The maximum absolute atomic E-state index is 13.1. The zero-order chi connectivity index (χ0) is 19.7. The third-order valence-electron chi connectivity index (χ3n) is 5.19. The Labute approximate surface area is 162 Å². The molecule has 0 bridgehead atoms. The first-order valence-corrected chi connectivity index (χ1v) is 9.44. The van der Waals surface area contributed by atoms with E-state index in [1.807, 2.05) is 43.3 Å². The zero-order valence-corrected chi connectivity index (χ0v) is 16.0. The van der Waals surface area contributed by atoms with Crippen LogP contribution in [0.5, 0.6) is 5.75 Å². The minimum absolute atomic E-state index is 0.0758. The fraction of sp³-hybridized carbons (Fsp3) is 0.381. The summed E-state index contributed by atoms with van der Waals surface area (Å²) < 4.78 is 11.0. The van der Waals surface area contributed by atoms with Gasteiger partial charge in [0.15, 0.2) is 0 Å². The minimum atomic E-state index is -0.599. The van der Waals surface area contributed by atoms with E-state index in [9.17, 15) is 9.90 Å². The molecule has 0 saturated carbocycles. The summed E-state index contributed by atoms with van der Waals surface area (Å²) in [5.41, 5.74) is 0.918. The first-order valence-electron chi connectivity index (χ1n) is 9.44. The molecule has 3 aromatic rings. The molecule has 1 aliphatic heterocycles. The van der Waals surface area contributed by atoms with Crippen molar-refractivity contribution in [1.82, 2.24) is 15.1 Å². The van der Waals surface area contributed by atoms with Crippen LogP contribution in [0.1, 0.15) is 36.7 Å². The van der Waals surface area contributed by atoms with Crippen LogP contribution < -0.4 is 4.74 Å². The number of carbonyl (C=O) groups is 1. The summed E-state index contributed by atoms with van der Waals surface area (Å²) >= 11 is 0. The van der Waals surface area contributed by atoms with Crippen LogP contribution in [0.4, 0.5) is 0 Å². The normalized spacial score (nSPS) is 19.3. The molecule has 7 heteroatoms. The lowest BCUT2D eigenvalue weighted by atomic mass is 10.0. The molecule has 146 valence electrons. The highest BCUT2D eigenvalue weighted by atomic mass is 16.5. The topological polar surface area (TPSA) is 88.7 Å². The van der Waals surface area contributed by atoms with Crippen LogP contribution in [-0.2, 0) is 17.6 Å². The van der Waals surface area contributed by atoms with Gasteiger partial charge in [-0.05, 0) is 28.5 Å². The van der Waals surface area contributed by atoms with Crippen LogP contribution in [0.15, 0.2) is 40.8 Å². The van der Waals surface area contributed by atoms with Gasteiger partial charge in [-0.1, -0.05) is 31.2 Å². The number of β-amino-alcohol motifs (C(OH)–C–C–N with tert-alkyl or cyclic N) is 1. The fourth-order valence-corrected chi connectivity index (χ4v) is 3.73.